The monoisotopic (exact) mass is 416 g/mol. The first-order chi connectivity index (χ1) is 13.8. The first-order valence-corrected chi connectivity index (χ1v) is 8.45. The summed E-state index contributed by atoms with van der Waals surface area (Å²) in [5.74, 6) is -0.561. The number of hydrogen-bond acceptors (Lipinski definition) is 5. The summed E-state index contributed by atoms with van der Waals surface area (Å²) in [6, 6.07) is 6.59. The van der Waals surface area contributed by atoms with Crippen LogP contribution in [0.2, 0.25) is 0 Å². The van der Waals surface area contributed by atoms with E-state index in [0.29, 0.717) is 5.76 Å². The van der Waals surface area contributed by atoms with E-state index in [0.717, 1.165) is 18.2 Å². The summed E-state index contributed by atoms with van der Waals surface area (Å²) in [7, 11) is 3.65. The third kappa shape index (κ3) is 7.15. The van der Waals surface area contributed by atoms with Crippen molar-refractivity contribution in [3.63, 3.8) is 0 Å². The molecule has 0 bridgehead atoms. The topological polar surface area (TPSA) is 63.9 Å². The fourth-order valence-corrected chi connectivity index (χ4v) is 2.47. The molecule has 0 aliphatic carbocycles. The van der Waals surface area contributed by atoms with Crippen molar-refractivity contribution in [2.45, 2.75) is 19.3 Å². The number of benzene rings is 1. The summed E-state index contributed by atoms with van der Waals surface area (Å²) in [6.45, 7) is -6.04. The number of nitrogens with zero attached hydrogens (tertiary/aromatic N) is 1. The number of halogens is 4. The fourth-order valence-electron chi connectivity index (χ4n) is 2.47. The van der Waals surface area contributed by atoms with Crippen molar-refractivity contribution in [1.82, 2.24) is 10.2 Å². The van der Waals surface area contributed by atoms with E-state index in [1.165, 1.54) is 18.4 Å². The Hall–Kier alpha value is -3.01. The van der Waals surface area contributed by atoms with Crippen molar-refractivity contribution in [1.29, 1.82) is 0 Å². The summed E-state index contributed by atoms with van der Waals surface area (Å²) in [4.78, 5) is 14.0. The third-order valence-electron chi connectivity index (χ3n) is 3.81. The molecule has 1 amide bonds. The van der Waals surface area contributed by atoms with Gasteiger partial charge < -0.3 is 19.2 Å². The molecule has 0 fully saturated rings. The lowest BCUT2D eigenvalue weighted by molar-refractivity contribution is -0.116. The SMILES string of the molecule is CN(C)C(CNC(=O)/C=C/c1ccc(OC(F)F)cc1OC(F)F)c1ccco1. The van der Waals surface area contributed by atoms with Gasteiger partial charge in [0, 0.05) is 24.3 Å². The van der Waals surface area contributed by atoms with Crippen molar-refractivity contribution < 1.29 is 36.2 Å². The molecule has 2 rings (SSSR count). The summed E-state index contributed by atoms with van der Waals surface area (Å²) in [5.41, 5.74) is 0.0947. The molecule has 1 aromatic heterocycles. The van der Waals surface area contributed by atoms with Gasteiger partial charge in [-0.1, -0.05) is 0 Å². The summed E-state index contributed by atoms with van der Waals surface area (Å²) in [5, 5.41) is 2.68. The molecular weight excluding hydrogens is 396 g/mol. The number of rotatable bonds is 10. The van der Waals surface area contributed by atoms with Gasteiger partial charge >= 0.3 is 13.2 Å². The van der Waals surface area contributed by atoms with Gasteiger partial charge in [0.05, 0.1) is 12.3 Å². The lowest BCUT2D eigenvalue weighted by atomic mass is 10.1. The second-order valence-electron chi connectivity index (χ2n) is 6.03. The number of hydrogen-bond donors (Lipinski definition) is 1. The van der Waals surface area contributed by atoms with E-state index < -0.39 is 24.9 Å². The smallest absolute Gasteiger partial charge is 0.387 e. The number of carbonyl (C=O) groups is 1. The van der Waals surface area contributed by atoms with Crippen LogP contribution < -0.4 is 14.8 Å². The highest BCUT2D eigenvalue weighted by Crippen LogP contribution is 2.28. The minimum Gasteiger partial charge on any atom is -0.468 e. The van der Waals surface area contributed by atoms with Crippen molar-refractivity contribution in [2.24, 2.45) is 0 Å². The normalized spacial score (nSPS) is 12.7. The Morgan fingerprint density at radius 1 is 1.17 bits per heavy atom. The van der Waals surface area contributed by atoms with Crippen LogP contribution in [-0.4, -0.2) is 44.7 Å². The molecule has 1 heterocycles. The van der Waals surface area contributed by atoms with Gasteiger partial charge in [0.25, 0.3) is 0 Å². The molecule has 2 aromatic rings. The maximum Gasteiger partial charge on any atom is 0.387 e. The van der Waals surface area contributed by atoms with Crippen LogP contribution in [0.3, 0.4) is 0 Å². The molecule has 1 aromatic carbocycles. The molecule has 1 N–H and O–H groups in total. The summed E-state index contributed by atoms with van der Waals surface area (Å²) in [6.07, 6.45) is 3.88. The Morgan fingerprint density at radius 3 is 2.48 bits per heavy atom. The molecule has 0 aliphatic heterocycles. The largest absolute Gasteiger partial charge is 0.468 e. The zero-order chi connectivity index (χ0) is 21.4. The second kappa shape index (κ2) is 10.5. The van der Waals surface area contributed by atoms with Crippen LogP contribution in [0.25, 0.3) is 6.08 Å². The first kappa shape index (κ1) is 22.3. The quantitative estimate of drug-likeness (QED) is 0.470. The highest BCUT2D eigenvalue weighted by Gasteiger charge is 2.17. The minimum atomic E-state index is -3.17. The third-order valence-corrected chi connectivity index (χ3v) is 3.81. The molecule has 158 valence electrons. The minimum absolute atomic E-state index is 0.0947. The average molecular weight is 416 g/mol. The second-order valence-corrected chi connectivity index (χ2v) is 6.03. The molecule has 0 aliphatic rings. The summed E-state index contributed by atoms with van der Waals surface area (Å²) < 4.78 is 63.6. The Labute approximate surface area is 164 Å². The van der Waals surface area contributed by atoms with Crippen LogP contribution in [0.4, 0.5) is 17.6 Å². The number of carbonyl (C=O) groups excluding carboxylic acids is 1. The van der Waals surface area contributed by atoms with E-state index in [1.807, 2.05) is 19.0 Å². The van der Waals surface area contributed by atoms with Crippen molar-refractivity contribution in [3.8, 4) is 11.5 Å². The molecule has 0 saturated heterocycles. The molecule has 10 heteroatoms. The van der Waals surface area contributed by atoms with Crippen LogP contribution >= 0.6 is 0 Å². The molecule has 0 saturated carbocycles. The van der Waals surface area contributed by atoms with E-state index in [2.05, 4.69) is 14.8 Å². The predicted octanol–water partition coefficient (Wildman–Crippen LogP) is 3.91. The van der Waals surface area contributed by atoms with E-state index in [1.54, 1.807) is 12.1 Å². The van der Waals surface area contributed by atoms with Crippen LogP contribution in [0.1, 0.15) is 17.4 Å². The lowest BCUT2D eigenvalue weighted by Crippen LogP contribution is -2.33. The molecule has 1 unspecified atom stereocenters. The van der Waals surface area contributed by atoms with Crippen molar-refractivity contribution >= 4 is 12.0 Å². The molecular formula is C19H20F4N2O4. The molecule has 0 radical (unpaired) electrons. The van der Waals surface area contributed by atoms with Gasteiger partial charge in [-0.3, -0.25) is 9.69 Å². The van der Waals surface area contributed by atoms with Crippen molar-refractivity contribution in [3.05, 3.63) is 54.0 Å². The predicted molar refractivity (Wildman–Crippen MR) is 96.9 cm³/mol. The Morgan fingerprint density at radius 2 is 1.90 bits per heavy atom. The van der Waals surface area contributed by atoms with Crippen LogP contribution in [-0.2, 0) is 4.79 Å². The van der Waals surface area contributed by atoms with Crippen LogP contribution in [0, 0.1) is 0 Å². The zero-order valence-electron chi connectivity index (χ0n) is 15.7. The van der Waals surface area contributed by atoms with Crippen LogP contribution in [0.15, 0.2) is 47.1 Å². The average Bonchev–Trinajstić information content (AvgIpc) is 3.14. The first-order valence-electron chi connectivity index (χ1n) is 8.45. The highest BCUT2D eigenvalue weighted by atomic mass is 19.3. The maximum absolute atomic E-state index is 12.6. The summed E-state index contributed by atoms with van der Waals surface area (Å²) >= 11 is 0. The Kier molecular flexibility index (Phi) is 8.08. The number of nitrogens with one attached hydrogen (secondary N) is 1. The van der Waals surface area contributed by atoms with Crippen LogP contribution in [0.5, 0.6) is 11.5 Å². The van der Waals surface area contributed by atoms with Gasteiger partial charge in [-0.2, -0.15) is 17.6 Å². The van der Waals surface area contributed by atoms with Gasteiger partial charge in [0.15, 0.2) is 0 Å². The number of amides is 1. The van der Waals surface area contributed by atoms with Gasteiger partial charge in [-0.05, 0) is 44.4 Å². The van der Waals surface area contributed by atoms with Crippen molar-refractivity contribution in [2.75, 3.05) is 20.6 Å². The Balaban J connectivity index is 2.06. The Bertz CT molecular complexity index is 811. The fraction of sp³-hybridized carbons (Fsp3) is 0.316. The number of likely N-dealkylation sites (N-methyl/N-ethyl adjacent to an activating group) is 1. The van der Waals surface area contributed by atoms with Gasteiger partial charge in [-0.15, -0.1) is 0 Å². The van der Waals surface area contributed by atoms with E-state index in [4.69, 9.17) is 4.42 Å². The zero-order valence-corrected chi connectivity index (χ0v) is 15.7. The number of furan rings is 1. The molecule has 1 atom stereocenters. The van der Waals surface area contributed by atoms with Gasteiger partial charge in [-0.25, -0.2) is 0 Å². The van der Waals surface area contributed by atoms with Gasteiger partial charge in [0.1, 0.15) is 17.3 Å². The number of ether oxygens (including phenoxy) is 2. The van der Waals surface area contributed by atoms with Gasteiger partial charge in [0.2, 0.25) is 5.91 Å². The van der Waals surface area contributed by atoms with E-state index in [9.17, 15) is 22.4 Å². The van der Waals surface area contributed by atoms with E-state index in [-0.39, 0.29) is 23.9 Å². The molecule has 29 heavy (non-hydrogen) atoms. The molecule has 0 spiro atoms. The number of alkyl halides is 4. The standard InChI is InChI=1S/C19H20F4N2O4/c1-25(2)14(15-4-3-9-27-15)11-24-17(26)8-6-12-5-7-13(28-18(20)21)10-16(12)29-19(22)23/h3-10,14,18-19H,11H2,1-2H3,(H,24,26)/b8-6+. The lowest BCUT2D eigenvalue weighted by Gasteiger charge is -2.22. The maximum atomic E-state index is 12.6. The molecule has 6 nitrogen and oxygen atoms in total. The van der Waals surface area contributed by atoms with E-state index >= 15 is 0 Å². The highest BCUT2D eigenvalue weighted by molar-refractivity contribution is 5.92.